The number of hydrogen-bond acceptors (Lipinski definition) is 3. The molecule has 1 atom stereocenters. The third-order valence-corrected chi connectivity index (χ3v) is 3.04. The van der Waals surface area contributed by atoms with E-state index in [1.165, 1.54) is 0 Å². The normalized spacial score (nSPS) is 24.7. The van der Waals surface area contributed by atoms with E-state index >= 15 is 0 Å². The van der Waals surface area contributed by atoms with Crippen LogP contribution >= 0.6 is 0 Å². The Bertz CT molecular complexity index is 219. The molecular weight excluding hydrogens is 192 g/mol. The maximum Gasteiger partial charge on any atom is 0.322 e. The first-order valence-electron chi connectivity index (χ1n) is 5.66. The summed E-state index contributed by atoms with van der Waals surface area (Å²) in [7, 11) is 1.89. The van der Waals surface area contributed by atoms with Gasteiger partial charge in [-0.25, -0.2) is 0 Å². The highest BCUT2D eigenvalue weighted by molar-refractivity contribution is 5.73. The molecule has 1 N–H and O–H groups in total. The number of hydrogen-bond donors (Lipinski definition) is 1. The molecule has 1 saturated heterocycles. The van der Waals surface area contributed by atoms with Crippen LogP contribution in [0.15, 0.2) is 0 Å². The van der Waals surface area contributed by atoms with Gasteiger partial charge in [0, 0.05) is 19.6 Å². The van der Waals surface area contributed by atoms with Crippen molar-refractivity contribution in [1.29, 1.82) is 0 Å². The van der Waals surface area contributed by atoms with Gasteiger partial charge in [0.2, 0.25) is 0 Å². The van der Waals surface area contributed by atoms with Gasteiger partial charge in [-0.3, -0.25) is 14.6 Å². The Morgan fingerprint density at radius 1 is 1.47 bits per heavy atom. The maximum atomic E-state index is 11.0. The van der Waals surface area contributed by atoms with Gasteiger partial charge in [-0.1, -0.05) is 13.8 Å². The second kappa shape index (κ2) is 5.47. The fourth-order valence-electron chi connectivity index (χ4n) is 1.84. The molecule has 0 spiro atoms. The van der Waals surface area contributed by atoms with Gasteiger partial charge in [0.1, 0.15) is 6.04 Å². The predicted octanol–water partition coefficient (Wildman–Crippen LogP) is 0.733. The summed E-state index contributed by atoms with van der Waals surface area (Å²) < 4.78 is 0. The van der Waals surface area contributed by atoms with Crippen LogP contribution in [-0.2, 0) is 4.79 Å². The zero-order valence-electron chi connectivity index (χ0n) is 9.94. The third-order valence-electron chi connectivity index (χ3n) is 3.04. The molecule has 15 heavy (non-hydrogen) atoms. The minimum atomic E-state index is -0.702. The molecule has 1 aliphatic heterocycles. The summed E-state index contributed by atoms with van der Waals surface area (Å²) in [5.74, 6) is -0.0142. The van der Waals surface area contributed by atoms with Crippen LogP contribution in [0, 0.1) is 5.92 Å². The minimum Gasteiger partial charge on any atom is -0.480 e. The first-order chi connectivity index (χ1) is 7.00. The Balaban J connectivity index is 2.40. The van der Waals surface area contributed by atoms with Crippen molar-refractivity contribution in [3.05, 3.63) is 0 Å². The van der Waals surface area contributed by atoms with E-state index in [0.29, 0.717) is 12.5 Å². The number of piperazine rings is 1. The van der Waals surface area contributed by atoms with Crippen LogP contribution in [0.1, 0.15) is 20.3 Å². The highest BCUT2D eigenvalue weighted by Gasteiger charge is 2.29. The predicted molar refractivity (Wildman–Crippen MR) is 59.9 cm³/mol. The highest BCUT2D eigenvalue weighted by atomic mass is 16.4. The SMILES string of the molecule is CC(C)CCN1CCN(C)C(C(=O)O)C1. The van der Waals surface area contributed by atoms with E-state index in [4.69, 9.17) is 5.11 Å². The first-order valence-corrected chi connectivity index (χ1v) is 5.66. The third kappa shape index (κ3) is 3.80. The molecule has 0 bridgehead atoms. The van der Waals surface area contributed by atoms with Crippen LogP contribution in [0.3, 0.4) is 0 Å². The zero-order chi connectivity index (χ0) is 11.4. The Kier molecular flexibility index (Phi) is 4.54. The largest absolute Gasteiger partial charge is 0.480 e. The van der Waals surface area contributed by atoms with Crippen LogP contribution in [0.25, 0.3) is 0 Å². The molecule has 1 heterocycles. The standard InChI is InChI=1S/C11H22N2O2/c1-9(2)4-5-13-7-6-12(3)10(8-13)11(14)15/h9-10H,4-8H2,1-3H3,(H,14,15). The minimum absolute atomic E-state index is 0.328. The Labute approximate surface area is 91.9 Å². The van der Waals surface area contributed by atoms with Crippen molar-refractivity contribution in [3.63, 3.8) is 0 Å². The van der Waals surface area contributed by atoms with E-state index in [2.05, 4.69) is 18.7 Å². The molecule has 4 heteroatoms. The van der Waals surface area contributed by atoms with Gasteiger partial charge >= 0.3 is 5.97 Å². The monoisotopic (exact) mass is 214 g/mol. The van der Waals surface area contributed by atoms with Crippen molar-refractivity contribution in [2.24, 2.45) is 5.92 Å². The number of rotatable bonds is 4. The Morgan fingerprint density at radius 2 is 2.13 bits per heavy atom. The van der Waals surface area contributed by atoms with Gasteiger partial charge < -0.3 is 5.11 Å². The van der Waals surface area contributed by atoms with Gasteiger partial charge in [0.05, 0.1) is 0 Å². The molecule has 1 aliphatic rings. The summed E-state index contributed by atoms with van der Waals surface area (Å²) >= 11 is 0. The number of carboxylic acids is 1. The lowest BCUT2D eigenvalue weighted by Gasteiger charge is -2.37. The number of aliphatic carboxylic acids is 1. The second-order valence-corrected chi connectivity index (χ2v) is 4.82. The van der Waals surface area contributed by atoms with Crippen molar-refractivity contribution in [2.45, 2.75) is 26.3 Å². The fraction of sp³-hybridized carbons (Fsp3) is 0.909. The highest BCUT2D eigenvalue weighted by Crippen LogP contribution is 2.10. The molecule has 0 aromatic carbocycles. The lowest BCUT2D eigenvalue weighted by Crippen LogP contribution is -2.54. The van der Waals surface area contributed by atoms with Gasteiger partial charge in [0.15, 0.2) is 0 Å². The summed E-state index contributed by atoms with van der Waals surface area (Å²) in [5, 5.41) is 9.04. The Morgan fingerprint density at radius 3 is 2.67 bits per heavy atom. The van der Waals surface area contributed by atoms with Gasteiger partial charge in [-0.2, -0.15) is 0 Å². The first kappa shape index (κ1) is 12.5. The molecule has 1 fully saturated rings. The van der Waals surface area contributed by atoms with Gasteiger partial charge in [-0.15, -0.1) is 0 Å². The molecule has 0 saturated carbocycles. The lowest BCUT2D eigenvalue weighted by atomic mass is 10.1. The van der Waals surface area contributed by atoms with Crippen LogP contribution in [0.4, 0.5) is 0 Å². The molecule has 88 valence electrons. The summed E-state index contributed by atoms with van der Waals surface area (Å²) in [6.07, 6.45) is 1.15. The maximum absolute atomic E-state index is 11.0. The molecule has 0 aromatic rings. The van der Waals surface area contributed by atoms with E-state index < -0.39 is 5.97 Å². The number of nitrogens with zero attached hydrogens (tertiary/aromatic N) is 2. The topological polar surface area (TPSA) is 43.8 Å². The second-order valence-electron chi connectivity index (χ2n) is 4.82. The van der Waals surface area contributed by atoms with Crippen LogP contribution in [0.5, 0.6) is 0 Å². The average Bonchev–Trinajstić information content (AvgIpc) is 2.16. The summed E-state index contributed by atoms with van der Waals surface area (Å²) in [4.78, 5) is 15.2. The lowest BCUT2D eigenvalue weighted by molar-refractivity contribution is -0.145. The molecule has 1 unspecified atom stereocenters. The quantitative estimate of drug-likeness (QED) is 0.749. The summed E-state index contributed by atoms with van der Waals surface area (Å²) in [6.45, 7) is 7.94. The number of carbonyl (C=O) groups is 1. The zero-order valence-corrected chi connectivity index (χ0v) is 9.94. The van der Waals surface area contributed by atoms with Crippen molar-refractivity contribution in [2.75, 3.05) is 33.2 Å². The van der Waals surface area contributed by atoms with Crippen molar-refractivity contribution in [3.8, 4) is 0 Å². The Hall–Kier alpha value is -0.610. The molecule has 0 amide bonds. The van der Waals surface area contributed by atoms with E-state index in [9.17, 15) is 4.79 Å². The molecule has 1 rings (SSSR count). The number of likely N-dealkylation sites (N-methyl/N-ethyl adjacent to an activating group) is 1. The van der Waals surface area contributed by atoms with Gasteiger partial charge in [-0.05, 0) is 25.9 Å². The smallest absolute Gasteiger partial charge is 0.322 e. The van der Waals surface area contributed by atoms with E-state index in [0.717, 1.165) is 26.1 Å². The number of carboxylic acid groups (broad SMARTS) is 1. The molecule has 0 aromatic heterocycles. The molecule has 4 nitrogen and oxygen atoms in total. The van der Waals surface area contributed by atoms with Crippen molar-refractivity contribution < 1.29 is 9.90 Å². The van der Waals surface area contributed by atoms with Crippen molar-refractivity contribution >= 4 is 5.97 Å². The van der Waals surface area contributed by atoms with E-state index in [-0.39, 0.29) is 6.04 Å². The average molecular weight is 214 g/mol. The van der Waals surface area contributed by atoms with Gasteiger partial charge in [0.25, 0.3) is 0 Å². The summed E-state index contributed by atoms with van der Waals surface area (Å²) in [5.41, 5.74) is 0. The van der Waals surface area contributed by atoms with Crippen LogP contribution in [0.2, 0.25) is 0 Å². The summed E-state index contributed by atoms with van der Waals surface area (Å²) in [6, 6.07) is -0.328. The molecule has 0 aliphatic carbocycles. The molecule has 0 radical (unpaired) electrons. The fourth-order valence-corrected chi connectivity index (χ4v) is 1.84. The van der Waals surface area contributed by atoms with Crippen molar-refractivity contribution in [1.82, 2.24) is 9.80 Å². The van der Waals surface area contributed by atoms with Crippen LogP contribution in [-0.4, -0.2) is 60.1 Å². The van der Waals surface area contributed by atoms with E-state index in [1.807, 2.05) is 11.9 Å². The van der Waals surface area contributed by atoms with Crippen LogP contribution < -0.4 is 0 Å². The molecular formula is C11H22N2O2. The van der Waals surface area contributed by atoms with E-state index in [1.54, 1.807) is 0 Å².